The number of amides is 1. The van der Waals surface area contributed by atoms with E-state index in [0.29, 0.717) is 49.3 Å². The largest absolute Gasteiger partial charge is 0.456 e. The number of piperidine rings is 1. The van der Waals surface area contributed by atoms with Crippen molar-refractivity contribution in [2.45, 2.75) is 62.0 Å². The number of likely N-dealkylation sites (tertiary alicyclic amines) is 1. The molecule has 2 aliphatic heterocycles. The topological polar surface area (TPSA) is 79.7 Å². The number of alkyl halides is 3. The third-order valence-electron chi connectivity index (χ3n) is 7.56. The summed E-state index contributed by atoms with van der Waals surface area (Å²) in [5.74, 6) is -2.07. The number of halogens is 3. The van der Waals surface area contributed by atoms with Crippen LogP contribution in [0.2, 0.25) is 0 Å². The van der Waals surface area contributed by atoms with Crippen LogP contribution in [-0.2, 0) is 21.9 Å². The van der Waals surface area contributed by atoms with Gasteiger partial charge in [0.2, 0.25) is 0 Å². The number of carbonyl (C=O) groups is 2. The fraction of sp³-hybridized carbons (Fsp3) is 0.520. The van der Waals surface area contributed by atoms with Gasteiger partial charge in [-0.3, -0.25) is 14.5 Å². The first-order chi connectivity index (χ1) is 16.7. The molecule has 11 heteroatoms. The molecule has 7 nitrogen and oxygen atoms in total. The summed E-state index contributed by atoms with van der Waals surface area (Å²) < 4.78 is 65.9. The van der Waals surface area contributed by atoms with Crippen molar-refractivity contribution in [2.24, 2.45) is 0 Å². The maximum Gasteiger partial charge on any atom is 0.456 e. The Morgan fingerprint density at radius 3 is 2.19 bits per heavy atom. The van der Waals surface area contributed by atoms with E-state index in [1.165, 1.54) is 22.8 Å². The van der Waals surface area contributed by atoms with Crippen LogP contribution in [0.4, 0.5) is 13.2 Å². The number of fused-ring (bicyclic) bond motifs is 2. The Morgan fingerprint density at radius 2 is 1.64 bits per heavy atom. The fourth-order valence-corrected chi connectivity index (χ4v) is 6.65. The molecule has 196 valence electrons. The lowest BCUT2D eigenvalue weighted by Gasteiger charge is -2.50. The van der Waals surface area contributed by atoms with Gasteiger partial charge in [-0.2, -0.15) is 13.2 Å². The highest BCUT2D eigenvalue weighted by molar-refractivity contribution is 7.92. The highest BCUT2D eigenvalue weighted by atomic mass is 32.2. The van der Waals surface area contributed by atoms with Crippen molar-refractivity contribution in [3.63, 3.8) is 0 Å². The smallest absolute Gasteiger partial charge is 0.339 e. The molecule has 4 rings (SSSR count). The quantitative estimate of drug-likeness (QED) is 0.568. The molecule has 2 aliphatic rings. The molecule has 1 amide bonds. The number of carbonyl (C=O) groups excluding carboxylic acids is 2. The van der Waals surface area contributed by atoms with Crippen LogP contribution in [0.3, 0.4) is 0 Å². The van der Waals surface area contributed by atoms with E-state index in [9.17, 15) is 31.2 Å². The minimum absolute atomic E-state index is 0.209. The Balaban J connectivity index is 1.56. The lowest BCUT2D eigenvalue weighted by molar-refractivity contribution is -0.0892. The molecule has 0 saturated carbocycles. The molecule has 1 aromatic heterocycles. The van der Waals surface area contributed by atoms with Crippen molar-refractivity contribution < 1.29 is 31.2 Å². The number of Topliss-reactive ketones (excluding diaryl/α,β-unsaturated/α-hetero) is 1. The van der Waals surface area contributed by atoms with Gasteiger partial charge in [-0.1, -0.05) is 0 Å². The third-order valence-corrected chi connectivity index (χ3v) is 9.88. The molecule has 36 heavy (non-hydrogen) atoms. The van der Waals surface area contributed by atoms with E-state index in [1.807, 2.05) is 7.05 Å². The Morgan fingerprint density at radius 1 is 1.00 bits per heavy atom. The predicted octanol–water partition coefficient (Wildman–Crippen LogP) is 3.80. The molecule has 0 bridgehead atoms. The summed E-state index contributed by atoms with van der Waals surface area (Å²) in [4.78, 5) is 29.2. The SMILES string of the molecule is Cc1cc(C(=O)N2CCC3(CC2)c2ccc(C(=O)C(F)(F)F)n2CCN3C)ccc1S(=O)(=O)C(C)C. The molecule has 0 N–H and O–H groups in total. The number of aryl methyl sites for hydroxylation is 1. The lowest BCUT2D eigenvalue weighted by atomic mass is 9.81. The molecule has 0 radical (unpaired) electrons. The predicted molar refractivity (Wildman–Crippen MR) is 128 cm³/mol. The summed E-state index contributed by atoms with van der Waals surface area (Å²) in [7, 11) is -1.56. The molecule has 0 unspecified atom stereocenters. The second-order valence-electron chi connectivity index (χ2n) is 9.90. The van der Waals surface area contributed by atoms with Gasteiger partial charge in [0, 0.05) is 37.4 Å². The van der Waals surface area contributed by atoms with Crippen LogP contribution in [-0.4, -0.2) is 72.6 Å². The first kappa shape index (κ1) is 26.4. The van der Waals surface area contributed by atoms with E-state index in [0.717, 1.165) is 0 Å². The van der Waals surface area contributed by atoms with Gasteiger partial charge in [-0.15, -0.1) is 0 Å². The molecule has 3 heterocycles. The highest BCUT2D eigenvalue weighted by Gasteiger charge is 2.48. The van der Waals surface area contributed by atoms with Crippen molar-refractivity contribution in [1.29, 1.82) is 0 Å². The minimum Gasteiger partial charge on any atom is -0.339 e. The molecule has 0 aliphatic carbocycles. The zero-order chi connectivity index (χ0) is 26.6. The second-order valence-corrected chi connectivity index (χ2v) is 12.4. The highest BCUT2D eigenvalue weighted by Crippen LogP contribution is 2.42. The van der Waals surface area contributed by atoms with Crippen molar-refractivity contribution in [3.05, 3.63) is 52.8 Å². The van der Waals surface area contributed by atoms with Gasteiger partial charge < -0.3 is 9.47 Å². The number of hydrogen-bond acceptors (Lipinski definition) is 5. The zero-order valence-electron chi connectivity index (χ0n) is 20.7. The van der Waals surface area contributed by atoms with Crippen LogP contribution < -0.4 is 0 Å². The molecular formula is C25H30F3N3O4S. The Kier molecular flexibility index (Phi) is 6.62. The van der Waals surface area contributed by atoms with Gasteiger partial charge in [-0.25, -0.2) is 8.42 Å². The summed E-state index contributed by atoms with van der Waals surface area (Å²) in [6, 6.07) is 7.45. The normalized spacial score (nSPS) is 18.5. The van der Waals surface area contributed by atoms with Crippen LogP contribution in [0, 0.1) is 6.92 Å². The first-order valence-electron chi connectivity index (χ1n) is 11.9. The number of sulfone groups is 1. The Labute approximate surface area is 208 Å². The van der Waals surface area contributed by atoms with E-state index in [2.05, 4.69) is 4.90 Å². The molecule has 1 fully saturated rings. The number of likely N-dealkylation sites (N-methyl/N-ethyl adjacent to an activating group) is 1. The fourth-order valence-electron chi connectivity index (χ4n) is 5.37. The van der Waals surface area contributed by atoms with Gasteiger partial charge >= 0.3 is 6.18 Å². The van der Waals surface area contributed by atoms with Gasteiger partial charge in [0.25, 0.3) is 11.7 Å². The molecule has 1 spiro atoms. The summed E-state index contributed by atoms with van der Waals surface area (Å²) >= 11 is 0. The molecular weight excluding hydrogens is 495 g/mol. The van der Waals surface area contributed by atoms with Gasteiger partial charge in [0.05, 0.1) is 21.4 Å². The van der Waals surface area contributed by atoms with Crippen LogP contribution in [0.25, 0.3) is 0 Å². The monoisotopic (exact) mass is 525 g/mol. The summed E-state index contributed by atoms with van der Waals surface area (Å²) in [5.41, 5.74) is 0.634. The van der Waals surface area contributed by atoms with Crippen molar-refractivity contribution >= 4 is 21.5 Å². The number of rotatable bonds is 4. The number of aromatic nitrogens is 1. The van der Waals surface area contributed by atoms with Gasteiger partial charge in [-0.05, 0) is 76.6 Å². The summed E-state index contributed by atoms with van der Waals surface area (Å²) in [6.45, 7) is 6.41. The number of benzene rings is 1. The van der Waals surface area contributed by atoms with E-state index in [1.54, 1.807) is 37.8 Å². The Bertz CT molecular complexity index is 1310. The second kappa shape index (κ2) is 9.02. The average Bonchev–Trinajstić information content (AvgIpc) is 3.25. The van der Waals surface area contributed by atoms with Crippen LogP contribution in [0.1, 0.15) is 58.8 Å². The van der Waals surface area contributed by atoms with Gasteiger partial charge in [0.15, 0.2) is 9.84 Å². The van der Waals surface area contributed by atoms with E-state index >= 15 is 0 Å². The first-order valence-corrected chi connectivity index (χ1v) is 13.4. The minimum atomic E-state index is -4.94. The van der Waals surface area contributed by atoms with E-state index < -0.39 is 32.6 Å². The van der Waals surface area contributed by atoms with Gasteiger partial charge in [0.1, 0.15) is 0 Å². The number of nitrogens with zero attached hydrogens (tertiary/aromatic N) is 3. The van der Waals surface area contributed by atoms with Crippen LogP contribution >= 0.6 is 0 Å². The molecule has 2 aromatic rings. The maximum absolute atomic E-state index is 13.2. The van der Waals surface area contributed by atoms with Crippen molar-refractivity contribution in [3.8, 4) is 0 Å². The standard InChI is InChI=1S/C25H30F3N3O4S/c1-16(2)36(34,35)20-7-5-18(15-17(20)3)23(33)30-11-9-24(10-12-30)21-8-6-19(22(32)25(26,27)28)31(21)14-13-29(24)4/h5-8,15-16H,9-14H2,1-4H3. The third kappa shape index (κ3) is 4.26. The average molecular weight is 526 g/mol. The van der Waals surface area contributed by atoms with E-state index in [-0.39, 0.29) is 23.0 Å². The van der Waals surface area contributed by atoms with Crippen molar-refractivity contribution in [1.82, 2.24) is 14.4 Å². The van der Waals surface area contributed by atoms with Crippen LogP contribution in [0.15, 0.2) is 35.2 Å². The Hall–Kier alpha value is -2.66. The van der Waals surface area contributed by atoms with Crippen LogP contribution in [0.5, 0.6) is 0 Å². The zero-order valence-corrected chi connectivity index (χ0v) is 21.5. The maximum atomic E-state index is 13.2. The summed E-state index contributed by atoms with van der Waals surface area (Å²) in [6.07, 6.45) is -3.95. The van der Waals surface area contributed by atoms with E-state index in [4.69, 9.17) is 0 Å². The molecule has 1 saturated heterocycles. The van der Waals surface area contributed by atoms with Crippen molar-refractivity contribution in [2.75, 3.05) is 26.7 Å². The lowest BCUT2D eigenvalue weighted by Crippen LogP contribution is -2.56. The number of hydrogen-bond donors (Lipinski definition) is 0. The molecule has 0 atom stereocenters. The molecule has 1 aromatic carbocycles. The summed E-state index contributed by atoms with van der Waals surface area (Å²) in [5, 5.41) is -0.575. The number of ketones is 1.